The summed E-state index contributed by atoms with van der Waals surface area (Å²) in [6.07, 6.45) is 0. The van der Waals surface area contributed by atoms with Crippen molar-refractivity contribution in [1.82, 2.24) is 4.90 Å². The van der Waals surface area contributed by atoms with Gasteiger partial charge in [0.1, 0.15) is 0 Å². The number of carbonyl (C=O) groups is 3. The number of esters is 1. The predicted octanol–water partition coefficient (Wildman–Crippen LogP) is 0.746. The van der Waals surface area contributed by atoms with Gasteiger partial charge in [0.25, 0.3) is 11.8 Å². The van der Waals surface area contributed by atoms with E-state index in [0.29, 0.717) is 0 Å². The average molecular weight is 264 g/mol. The van der Waals surface area contributed by atoms with Crippen molar-refractivity contribution in [2.75, 3.05) is 7.05 Å². The lowest BCUT2D eigenvalue weighted by Gasteiger charge is -2.03. The van der Waals surface area contributed by atoms with Gasteiger partial charge in [0, 0.05) is 26.1 Å². The van der Waals surface area contributed by atoms with Gasteiger partial charge in [0.05, 0.1) is 16.1 Å². The van der Waals surface area contributed by atoms with E-state index >= 15 is 0 Å². The molecule has 8 nitrogen and oxygen atoms in total. The highest BCUT2D eigenvalue weighted by molar-refractivity contribution is 6.21. The first-order valence-corrected chi connectivity index (χ1v) is 5.16. The number of hydrogen-bond donors (Lipinski definition) is 0. The Hall–Kier alpha value is -2.77. The molecule has 0 unspecified atom stereocenters. The highest BCUT2D eigenvalue weighted by Crippen LogP contribution is 2.34. The Balaban J connectivity index is 2.65. The molecule has 8 heteroatoms. The number of carbonyl (C=O) groups excluding carboxylic acids is 3. The summed E-state index contributed by atoms with van der Waals surface area (Å²) in [6.45, 7) is 1.08. The molecule has 1 heterocycles. The minimum atomic E-state index is -0.783. The van der Waals surface area contributed by atoms with Crippen molar-refractivity contribution in [1.29, 1.82) is 0 Å². The van der Waals surface area contributed by atoms with Crippen LogP contribution < -0.4 is 4.74 Å². The molecule has 2 amide bonds. The molecular weight excluding hydrogens is 256 g/mol. The van der Waals surface area contributed by atoms with Gasteiger partial charge >= 0.3 is 11.7 Å². The van der Waals surface area contributed by atoms with E-state index in [-0.39, 0.29) is 16.9 Å². The van der Waals surface area contributed by atoms with Crippen LogP contribution in [0.15, 0.2) is 12.1 Å². The summed E-state index contributed by atoms with van der Waals surface area (Å²) in [6, 6.07) is 1.98. The second-order valence-corrected chi connectivity index (χ2v) is 3.89. The Kier molecular flexibility index (Phi) is 2.78. The molecule has 1 aliphatic heterocycles. The van der Waals surface area contributed by atoms with Gasteiger partial charge in [0.2, 0.25) is 5.75 Å². The molecule has 0 saturated carbocycles. The van der Waals surface area contributed by atoms with Gasteiger partial charge in [-0.1, -0.05) is 0 Å². The number of nitro benzene ring substituents is 1. The van der Waals surface area contributed by atoms with Crippen LogP contribution in [0.4, 0.5) is 5.69 Å². The number of rotatable bonds is 2. The first-order valence-electron chi connectivity index (χ1n) is 5.16. The highest BCUT2D eigenvalue weighted by Gasteiger charge is 2.36. The molecule has 0 saturated heterocycles. The fraction of sp³-hybridized carbons (Fsp3) is 0.182. The fourth-order valence-electron chi connectivity index (χ4n) is 1.76. The first kappa shape index (κ1) is 12.7. The largest absolute Gasteiger partial charge is 0.419 e. The van der Waals surface area contributed by atoms with Crippen molar-refractivity contribution in [3.8, 4) is 5.75 Å². The molecule has 0 aliphatic carbocycles. The van der Waals surface area contributed by atoms with E-state index in [0.717, 1.165) is 24.0 Å². The highest BCUT2D eigenvalue weighted by atomic mass is 16.6. The maximum Gasteiger partial charge on any atom is 0.312 e. The summed E-state index contributed by atoms with van der Waals surface area (Å²) in [5.41, 5.74) is -0.630. The monoisotopic (exact) mass is 264 g/mol. The predicted molar refractivity (Wildman–Crippen MR) is 60.8 cm³/mol. The van der Waals surface area contributed by atoms with E-state index in [1.54, 1.807) is 0 Å². The Morgan fingerprint density at radius 2 is 1.79 bits per heavy atom. The summed E-state index contributed by atoms with van der Waals surface area (Å²) in [5, 5.41) is 10.9. The molecule has 98 valence electrons. The van der Waals surface area contributed by atoms with Crippen molar-refractivity contribution in [2.45, 2.75) is 6.92 Å². The molecule has 0 aromatic heterocycles. The van der Waals surface area contributed by atoms with Crippen LogP contribution in [0, 0.1) is 10.1 Å². The van der Waals surface area contributed by atoms with Gasteiger partial charge < -0.3 is 4.74 Å². The summed E-state index contributed by atoms with van der Waals surface area (Å²) in [7, 11) is 1.27. The zero-order chi connectivity index (χ0) is 14.3. The van der Waals surface area contributed by atoms with Gasteiger partial charge in [-0.3, -0.25) is 29.4 Å². The molecule has 1 aromatic rings. The maximum absolute atomic E-state index is 11.7. The Labute approximate surface area is 106 Å². The van der Waals surface area contributed by atoms with Gasteiger partial charge in [-0.05, 0) is 0 Å². The van der Waals surface area contributed by atoms with Crippen molar-refractivity contribution >= 4 is 23.5 Å². The number of imide groups is 1. The van der Waals surface area contributed by atoms with Crippen LogP contribution in [0.3, 0.4) is 0 Å². The first-order chi connectivity index (χ1) is 8.82. The minimum absolute atomic E-state index is 0.0191. The van der Waals surface area contributed by atoms with E-state index in [1.807, 2.05) is 0 Å². The molecule has 0 atom stereocenters. The molecule has 0 N–H and O–H groups in total. The van der Waals surface area contributed by atoms with Gasteiger partial charge in [-0.2, -0.15) is 0 Å². The van der Waals surface area contributed by atoms with Gasteiger partial charge in [-0.15, -0.1) is 0 Å². The van der Waals surface area contributed by atoms with Crippen LogP contribution in [0.25, 0.3) is 0 Å². The summed E-state index contributed by atoms with van der Waals surface area (Å²) in [4.78, 5) is 45.2. The topological polar surface area (TPSA) is 107 Å². The average Bonchev–Trinajstić information content (AvgIpc) is 2.53. The third-order valence-electron chi connectivity index (χ3n) is 2.62. The lowest BCUT2D eigenvalue weighted by atomic mass is 10.1. The minimum Gasteiger partial charge on any atom is -0.419 e. The number of hydrogen-bond acceptors (Lipinski definition) is 6. The smallest absolute Gasteiger partial charge is 0.312 e. The van der Waals surface area contributed by atoms with Crippen LogP contribution in [-0.2, 0) is 4.79 Å². The number of fused-ring (bicyclic) bond motifs is 1. The quantitative estimate of drug-likeness (QED) is 0.256. The molecular formula is C11H8N2O6. The molecule has 2 rings (SSSR count). The molecule has 0 fully saturated rings. The number of benzene rings is 1. The summed E-state index contributed by atoms with van der Waals surface area (Å²) >= 11 is 0. The van der Waals surface area contributed by atoms with E-state index in [4.69, 9.17) is 0 Å². The van der Waals surface area contributed by atoms with Crippen LogP contribution in [0.5, 0.6) is 5.75 Å². The Morgan fingerprint density at radius 1 is 1.26 bits per heavy atom. The van der Waals surface area contributed by atoms with Gasteiger partial charge in [0.15, 0.2) is 0 Å². The van der Waals surface area contributed by atoms with Crippen molar-refractivity contribution < 1.29 is 24.0 Å². The van der Waals surface area contributed by atoms with Crippen molar-refractivity contribution in [3.63, 3.8) is 0 Å². The maximum atomic E-state index is 11.7. The van der Waals surface area contributed by atoms with Crippen LogP contribution in [0.2, 0.25) is 0 Å². The Morgan fingerprint density at radius 3 is 2.26 bits per heavy atom. The number of nitrogens with zero attached hydrogens (tertiary/aromatic N) is 2. The summed E-state index contributed by atoms with van der Waals surface area (Å²) in [5.74, 6) is -2.33. The second kappa shape index (κ2) is 4.16. The number of amides is 2. The van der Waals surface area contributed by atoms with Crippen molar-refractivity contribution in [3.05, 3.63) is 33.4 Å². The van der Waals surface area contributed by atoms with Crippen LogP contribution >= 0.6 is 0 Å². The number of nitro groups is 1. The van der Waals surface area contributed by atoms with Crippen LogP contribution in [-0.4, -0.2) is 34.7 Å². The molecule has 1 aromatic carbocycles. The lowest BCUT2D eigenvalue weighted by molar-refractivity contribution is -0.385. The standard InChI is InChI=1S/C11H8N2O6/c1-5(14)19-9-4-7-6(3-8(9)13(17)18)10(15)12(2)11(7)16/h3-4H,1-2H3. The summed E-state index contributed by atoms with van der Waals surface area (Å²) < 4.78 is 4.69. The zero-order valence-corrected chi connectivity index (χ0v) is 10.00. The van der Waals surface area contributed by atoms with E-state index in [2.05, 4.69) is 4.74 Å². The lowest BCUT2D eigenvalue weighted by Crippen LogP contribution is -2.24. The molecule has 0 bridgehead atoms. The number of ether oxygens (including phenoxy) is 1. The third kappa shape index (κ3) is 1.92. The van der Waals surface area contributed by atoms with E-state index < -0.39 is 28.4 Å². The third-order valence-corrected chi connectivity index (χ3v) is 2.62. The van der Waals surface area contributed by atoms with E-state index in [1.165, 1.54) is 7.05 Å². The van der Waals surface area contributed by atoms with Crippen molar-refractivity contribution in [2.24, 2.45) is 0 Å². The normalized spacial score (nSPS) is 13.5. The Bertz CT molecular complexity index is 636. The van der Waals surface area contributed by atoms with Gasteiger partial charge in [-0.25, -0.2) is 0 Å². The molecule has 0 spiro atoms. The molecule has 19 heavy (non-hydrogen) atoms. The molecule has 0 radical (unpaired) electrons. The second-order valence-electron chi connectivity index (χ2n) is 3.89. The van der Waals surface area contributed by atoms with Crippen LogP contribution in [0.1, 0.15) is 27.6 Å². The SMILES string of the molecule is CC(=O)Oc1cc2c(cc1[N+](=O)[O-])C(=O)N(C)C2=O. The molecule has 1 aliphatic rings. The van der Waals surface area contributed by atoms with E-state index in [9.17, 15) is 24.5 Å². The zero-order valence-electron chi connectivity index (χ0n) is 10.00. The fourth-order valence-corrected chi connectivity index (χ4v) is 1.76.